The lowest BCUT2D eigenvalue weighted by molar-refractivity contribution is 0.595. The van der Waals surface area contributed by atoms with Crippen LogP contribution in [0.1, 0.15) is 20.3 Å². The molecule has 0 aliphatic rings. The van der Waals surface area contributed by atoms with Crippen molar-refractivity contribution in [1.29, 1.82) is 0 Å². The van der Waals surface area contributed by atoms with Crippen LogP contribution < -0.4 is 5.56 Å². The van der Waals surface area contributed by atoms with Crippen molar-refractivity contribution in [2.45, 2.75) is 20.3 Å². The smallest absolute Gasteiger partial charge is 0.261 e. The van der Waals surface area contributed by atoms with Crippen molar-refractivity contribution in [2.24, 2.45) is 11.0 Å². The first-order valence-corrected chi connectivity index (χ1v) is 5.52. The summed E-state index contributed by atoms with van der Waals surface area (Å²) in [7, 11) is 0. The third-order valence-corrected chi connectivity index (χ3v) is 2.12. The highest BCUT2D eigenvalue weighted by molar-refractivity contribution is 5.71. The number of azide groups is 1. The molecule has 0 aliphatic heterocycles. The minimum absolute atomic E-state index is 0.168. The van der Waals surface area contributed by atoms with Crippen molar-refractivity contribution >= 4 is 11.0 Å². The summed E-state index contributed by atoms with van der Waals surface area (Å²) in [4.78, 5) is 19.8. The summed E-state index contributed by atoms with van der Waals surface area (Å²) in [6, 6.07) is 0. The highest BCUT2D eigenvalue weighted by atomic mass is 16.1. The Morgan fingerprint density at radius 1 is 1.56 bits per heavy atom. The fourth-order valence-electron chi connectivity index (χ4n) is 1.14. The van der Waals surface area contributed by atoms with Gasteiger partial charge in [-0.2, -0.15) is 5.10 Å². The van der Waals surface area contributed by atoms with Crippen LogP contribution in [0.15, 0.2) is 22.4 Å². The molecule has 2 heterocycles. The molecule has 18 heavy (non-hydrogen) atoms. The second kappa shape index (κ2) is 7.08. The molecule has 96 valence electrons. The van der Waals surface area contributed by atoms with E-state index in [4.69, 9.17) is 5.53 Å². The summed E-state index contributed by atoms with van der Waals surface area (Å²) >= 11 is 0. The standard InChI is InChI=1S/C5H4N4O.C5H11N3/c10-5-3-1-8-9-4(3)6-2-7-5;1-5(2)3-4-7-8-6/h1-2H,(H2,6,7,8,9,10);5H,3-4H2,1-2H3. The SMILES string of the molecule is CC(C)CCN=[N+]=[N-].O=c1[nH]cnc2[nH]ncc12. The number of H-pyrrole nitrogens is 2. The molecule has 0 atom stereocenters. The number of aromatic amines is 2. The summed E-state index contributed by atoms with van der Waals surface area (Å²) in [5.41, 5.74) is 8.19. The highest BCUT2D eigenvalue weighted by Gasteiger charge is 1.97. The molecule has 8 heteroatoms. The average molecular weight is 249 g/mol. The predicted molar refractivity (Wildman–Crippen MR) is 68.0 cm³/mol. The maximum atomic E-state index is 10.9. The van der Waals surface area contributed by atoms with E-state index in [2.05, 4.69) is 44.0 Å². The normalized spacial score (nSPS) is 9.72. The van der Waals surface area contributed by atoms with Crippen LogP contribution in [0.5, 0.6) is 0 Å². The second-order valence-corrected chi connectivity index (χ2v) is 4.00. The fraction of sp³-hybridized carbons (Fsp3) is 0.500. The summed E-state index contributed by atoms with van der Waals surface area (Å²) in [6.07, 6.45) is 3.77. The van der Waals surface area contributed by atoms with E-state index >= 15 is 0 Å². The monoisotopic (exact) mass is 249 g/mol. The lowest BCUT2D eigenvalue weighted by atomic mass is 10.1. The zero-order valence-corrected chi connectivity index (χ0v) is 10.3. The fourth-order valence-corrected chi connectivity index (χ4v) is 1.14. The second-order valence-electron chi connectivity index (χ2n) is 4.00. The van der Waals surface area contributed by atoms with E-state index in [9.17, 15) is 4.79 Å². The lowest BCUT2D eigenvalue weighted by Crippen LogP contribution is -2.04. The largest absolute Gasteiger partial charge is 0.312 e. The number of nitrogens with one attached hydrogen (secondary N) is 2. The molecule has 0 spiro atoms. The molecule has 2 aromatic rings. The molecule has 8 nitrogen and oxygen atoms in total. The number of aromatic nitrogens is 4. The molecule has 0 saturated heterocycles. The van der Waals surface area contributed by atoms with Gasteiger partial charge in [0.1, 0.15) is 5.39 Å². The molecular weight excluding hydrogens is 234 g/mol. The average Bonchev–Trinajstić information content (AvgIpc) is 2.79. The van der Waals surface area contributed by atoms with E-state index in [1.807, 2.05) is 0 Å². The van der Waals surface area contributed by atoms with Crippen molar-refractivity contribution in [3.8, 4) is 0 Å². The van der Waals surface area contributed by atoms with Crippen LogP contribution in [0, 0.1) is 5.92 Å². The van der Waals surface area contributed by atoms with Crippen LogP contribution in [0.4, 0.5) is 0 Å². The Balaban J connectivity index is 0.000000187. The zero-order valence-electron chi connectivity index (χ0n) is 10.3. The first-order chi connectivity index (χ1) is 8.65. The van der Waals surface area contributed by atoms with Gasteiger partial charge >= 0.3 is 0 Å². The number of fused-ring (bicyclic) bond motifs is 1. The molecule has 2 aromatic heterocycles. The Bertz CT molecular complexity index is 579. The van der Waals surface area contributed by atoms with Crippen LogP contribution in [0.2, 0.25) is 0 Å². The van der Waals surface area contributed by atoms with Gasteiger partial charge in [-0.05, 0) is 17.9 Å². The van der Waals surface area contributed by atoms with Crippen LogP contribution in [-0.4, -0.2) is 26.7 Å². The van der Waals surface area contributed by atoms with E-state index in [0.717, 1.165) is 6.42 Å². The quantitative estimate of drug-likeness (QED) is 0.491. The molecule has 0 fully saturated rings. The Kier molecular flexibility index (Phi) is 5.40. The van der Waals surface area contributed by atoms with Gasteiger partial charge in [0.25, 0.3) is 5.56 Å². The molecule has 0 bridgehead atoms. The predicted octanol–water partition coefficient (Wildman–Crippen LogP) is 1.99. The number of nitrogens with zero attached hydrogens (tertiary/aromatic N) is 5. The third-order valence-electron chi connectivity index (χ3n) is 2.12. The summed E-state index contributed by atoms with van der Waals surface area (Å²) in [5.74, 6) is 0.639. The summed E-state index contributed by atoms with van der Waals surface area (Å²) in [6.45, 7) is 4.84. The van der Waals surface area contributed by atoms with Gasteiger partial charge in [0.15, 0.2) is 5.65 Å². The van der Waals surface area contributed by atoms with Gasteiger partial charge in [-0.1, -0.05) is 19.0 Å². The molecule has 0 saturated carbocycles. The highest BCUT2D eigenvalue weighted by Crippen LogP contribution is 1.98. The molecular formula is C10H15N7O. The van der Waals surface area contributed by atoms with Crippen molar-refractivity contribution in [3.63, 3.8) is 0 Å². The van der Waals surface area contributed by atoms with E-state index in [1.165, 1.54) is 12.5 Å². The van der Waals surface area contributed by atoms with Gasteiger partial charge in [-0.3, -0.25) is 9.89 Å². The molecule has 0 unspecified atom stereocenters. The first-order valence-electron chi connectivity index (χ1n) is 5.52. The number of hydrogen-bond acceptors (Lipinski definition) is 4. The first kappa shape index (κ1) is 13.7. The maximum absolute atomic E-state index is 10.9. The Labute approximate surface area is 103 Å². The molecule has 0 amide bonds. The van der Waals surface area contributed by atoms with Crippen molar-refractivity contribution in [1.82, 2.24) is 20.2 Å². The van der Waals surface area contributed by atoms with Crippen molar-refractivity contribution < 1.29 is 0 Å². The molecule has 0 radical (unpaired) electrons. The van der Waals surface area contributed by atoms with E-state index < -0.39 is 0 Å². The Morgan fingerprint density at radius 3 is 2.94 bits per heavy atom. The van der Waals surface area contributed by atoms with E-state index in [1.54, 1.807) is 0 Å². The van der Waals surface area contributed by atoms with E-state index in [-0.39, 0.29) is 5.56 Å². The third kappa shape index (κ3) is 4.26. The molecule has 0 aromatic carbocycles. The van der Waals surface area contributed by atoms with Crippen LogP contribution in [0.3, 0.4) is 0 Å². The topological polar surface area (TPSA) is 123 Å². The Hall–Kier alpha value is -2.34. The number of hydrogen-bond donors (Lipinski definition) is 2. The van der Waals surface area contributed by atoms with Gasteiger partial charge in [0, 0.05) is 11.5 Å². The van der Waals surface area contributed by atoms with Crippen LogP contribution >= 0.6 is 0 Å². The van der Waals surface area contributed by atoms with Crippen molar-refractivity contribution in [2.75, 3.05) is 6.54 Å². The molecule has 0 aliphatic carbocycles. The van der Waals surface area contributed by atoms with Gasteiger partial charge in [-0.15, -0.1) is 0 Å². The molecule has 2 N–H and O–H groups in total. The van der Waals surface area contributed by atoms with Crippen LogP contribution in [0.25, 0.3) is 21.5 Å². The number of rotatable bonds is 3. The maximum Gasteiger partial charge on any atom is 0.261 e. The zero-order chi connectivity index (χ0) is 13.4. The minimum Gasteiger partial charge on any atom is -0.312 e. The lowest BCUT2D eigenvalue weighted by Gasteiger charge is -1.96. The summed E-state index contributed by atoms with van der Waals surface area (Å²) in [5, 5.41) is 10.1. The minimum atomic E-state index is -0.168. The van der Waals surface area contributed by atoms with E-state index in [0.29, 0.717) is 23.5 Å². The van der Waals surface area contributed by atoms with Gasteiger partial charge in [-0.25, -0.2) is 4.98 Å². The van der Waals surface area contributed by atoms with Gasteiger partial charge in [0.05, 0.1) is 12.5 Å². The Morgan fingerprint density at radius 2 is 2.33 bits per heavy atom. The van der Waals surface area contributed by atoms with Gasteiger partial charge in [0.2, 0.25) is 0 Å². The van der Waals surface area contributed by atoms with Crippen molar-refractivity contribution in [3.05, 3.63) is 33.3 Å². The summed E-state index contributed by atoms with van der Waals surface area (Å²) < 4.78 is 0. The van der Waals surface area contributed by atoms with Gasteiger partial charge < -0.3 is 4.98 Å². The van der Waals surface area contributed by atoms with Crippen LogP contribution in [-0.2, 0) is 0 Å². The molecule has 2 rings (SSSR count).